The second-order valence-electron chi connectivity index (χ2n) is 5.73. The number of nitrogens with zero attached hydrogens (tertiary/aromatic N) is 1. The van der Waals surface area contributed by atoms with Crippen molar-refractivity contribution in [1.82, 2.24) is 4.90 Å². The van der Waals surface area contributed by atoms with Crippen LogP contribution in [0.1, 0.15) is 44.9 Å². The van der Waals surface area contributed by atoms with Crippen LogP contribution in [0.3, 0.4) is 0 Å². The number of aliphatic hydroxyl groups is 1. The lowest BCUT2D eigenvalue weighted by Crippen LogP contribution is -2.48. The van der Waals surface area contributed by atoms with Gasteiger partial charge in [0.15, 0.2) is 0 Å². The minimum absolute atomic E-state index is 0.0330. The molecule has 1 N–H and O–H groups in total. The van der Waals surface area contributed by atoms with Gasteiger partial charge in [0.25, 0.3) is 0 Å². The van der Waals surface area contributed by atoms with E-state index in [9.17, 15) is 5.11 Å². The van der Waals surface area contributed by atoms with Gasteiger partial charge in [-0.15, -0.1) is 0 Å². The molecule has 0 aromatic carbocycles. The van der Waals surface area contributed by atoms with Crippen LogP contribution in [0.25, 0.3) is 0 Å². The molecule has 0 unspecified atom stereocenters. The Bertz CT molecular complexity index is 225. The molecule has 0 spiro atoms. The smallest absolute Gasteiger partial charge is 0.0611 e. The van der Waals surface area contributed by atoms with Crippen LogP contribution in [-0.4, -0.2) is 35.2 Å². The second kappa shape index (κ2) is 4.06. The fourth-order valence-electron chi connectivity index (χ4n) is 4.14. The Hall–Kier alpha value is -0.0800. The Morgan fingerprint density at radius 1 is 0.867 bits per heavy atom. The van der Waals surface area contributed by atoms with E-state index in [-0.39, 0.29) is 6.10 Å². The zero-order valence-electron chi connectivity index (χ0n) is 9.57. The summed E-state index contributed by atoms with van der Waals surface area (Å²) in [7, 11) is 0. The summed E-state index contributed by atoms with van der Waals surface area (Å²) in [5.41, 5.74) is 0. The summed E-state index contributed by atoms with van der Waals surface area (Å²) in [5, 5.41) is 10.2. The summed E-state index contributed by atoms with van der Waals surface area (Å²) in [6.45, 7) is 2.58. The fraction of sp³-hybridized carbons (Fsp3) is 1.00. The van der Waals surface area contributed by atoms with Gasteiger partial charge in [-0.3, -0.25) is 0 Å². The summed E-state index contributed by atoms with van der Waals surface area (Å²) >= 11 is 0. The van der Waals surface area contributed by atoms with Gasteiger partial charge in [-0.1, -0.05) is 6.42 Å². The average Bonchev–Trinajstić information content (AvgIpc) is 2.54. The van der Waals surface area contributed by atoms with Crippen LogP contribution < -0.4 is 0 Å². The third-order valence-corrected chi connectivity index (χ3v) is 4.98. The van der Waals surface area contributed by atoms with E-state index < -0.39 is 0 Å². The van der Waals surface area contributed by atoms with Crippen molar-refractivity contribution in [1.29, 1.82) is 0 Å². The second-order valence-corrected chi connectivity index (χ2v) is 5.73. The van der Waals surface area contributed by atoms with E-state index in [0.29, 0.717) is 11.8 Å². The first-order chi connectivity index (χ1) is 7.36. The zero-order valence-corrected chi connectivity index (χ0v) is 9.57. The van der Waals surface area contributed by atoms with Gasteiger partial charge in [0.2, 0.25) is 0 Å². The SMILES string of the molecule is O[C@H]1[C@@H]2CC[C@H]1[C@@H](N1CCCCC1)CC2. The molecule has 2 saturated carbocycles. The number of hydrogen-bond donors (Lipinski definition) is 1. The van der Waals surface area contributed by atoms with E-state index >= 15 is 0 Å². The van der Waals surface area contributed by atoms with Gasteiger partial charge in [-0.2, -0.15) is 0 Å². The monoisotopic (exact) mass is 209 g/mol. The Kier molecular flexibility index (Phi) is 2.73. The normalized spacial score (nSPS) is 47.0. The quantitative estimate of drug-likeness (QED) is 0.714. The number of fused-ring (bicyclic) bond motifs is 2. The van der Waals surface area contributed by atoms with E-state index in [2.05, 4.69) is 4.90 Å². The molecular formula is C13H23NO. The highest BCUT2D eigenvalue weighted by molar-refractivity contribution is 4.97. The largest absolute Gasteiger partial charge is 0.392 e. The van der Waals surface area contributed by atoms with E-state index in [1.807, 2.05) is 0 Å². The Labute approximate surface area is 92.7 Å². The first-order valence-corrected chi connectivity index (χ1v) is 6.78. The fourth-order valence-corrected chi connectivity index (χ4v) is 4.14. The van der Waals surface area contributed by atoms with E-state index in [4.69, 9.17) is 0 Å². The number of rotatable bonds is 1. The van der Waals surface area contributed by atoms with Crippen LogP contribution in [0.4, 0.5) is 0 Å². The lowest BCUT2D eigenvalue weighted by atomic mass is 9.81. The van der Waals surface area contributed by atoms with Crippen molar-refractivity contribution in [2.24, 2.45) is 11.8 Å². The highest BCUT2D eigenvalue weighted by Gasteiger charge is 2.45. The molecule has 1 aliphatic heterocycles. The summed E-state index contributed by atoms with van der Waals surface area (Å²) in [4.78, 5) is 2.68. The predicted octanol–water partition coefficient (Wildman–Crippen LogP) is 2.02. The van der Waals surface area contributed by atoms with Crippen LogP contribution in [-0.2, 0) is 0 Å². The molecule has 0 amide bonds. The van der Waals surface area contributed by atoms with Gasteiger partial charge in [0, 0.05) is 12.0 Å². The molecule has 2 heteroatoms. The van der Waals surface area contributed by atoms with Gasteiger partial charge in [-0.05, 0) is 57.5 Å². The van der Waals surface area contributed by atoms with Crippen molar-refractivity contribution < 1.29 is 5.11 Å². The minimum atomic E-state index is 0.0330. The van der Waals surface area contributed by atoms with Crippen LogP contribution in [0.15, 0.2) is 0 Å². The molecule has 1 saturated heterocycles. The van der Waals surface area contributed by atoms with Gasteiger partial charge >= 0.3 is 0 Å². The van der Waals surface area contributed by atoms with Gasteiger partial charge in [-0.25, -0.2) is 0 Å². The van der Waals surface area contributed by atoms with Gasteiger partial charge < -0.3 is 10.0 Å². The molecule has 0 aromatic rings. The van der Waals surface area contributed by atoms with E-state index in [1.54, 1.807) is 0 Å². The van der Waals surface area contributed by atoms with Crippen molar-refractivity contribution in [3.05, 3.63) is 0 Å². The van der Waals surface area contributed by atoms with Crippen molar-refractivity contribution in [3.63, 3.8) is 0 Å². The Morgan fingerprint density at radius 2 is 1.60 bits per heavy atom. The summed E-state index contributed by atoms with van der Waals surface area (Å²) < 4.78 is 0. The summed E-state index contributed by atoms with van der Waals surface area (Å²) in [6.07, 6.45) is 9.41. The molecule has 2 nitrogen and oxygen atoms in total. The van der Waals surface area contributed by atoms with Crippen LogP contribution in [0, 0.1) is 11.8 Å². The maximum absolute atomic E-state index is 10.2. The van der Waals surface area contributed by atoms with Crippen LogP contribution in [0.5, 0.6) is 0 Å². The molecular weight excluding hydrogens is 186 g/mol. The highest BCUT2D eigenvalue weighted by Crippen LogP contribution is 2.44. The van der Waals surface area contributed by atoms with Crippen molar-refractivity contribution in [2.45, 2.75) is 57.1 Å². The Balaban J connectivity index is 1.69. The third kappa shape index (κ3) is 1.72. The molecule has 2 bridgehead atoms. The van der Waals surface area contributed by atoms with E-state index in [1.165, 1.54) is 58.0 Å². The maximum atomic E-state index is 10.2. The molecule has 3 aliphatic rings. The predicted molar refractivity (Wildman–Crippen MR) is 60.7 cm³/mol. The standard InChI is InChI=1S/C13H23NO/c15-13-10-4-6-11(13)12(7-5-10)14-8-2-1-3-9-14/h10-13,15H,1-9H2/t10-,11+,12+,13+/m1/s1. The average molecular weight is 209 g/mol. The van der Waals surface area contributed by atoms with Crippen molar-refractivity contribution in [3.8, 4) is 0 Å². The van der Waals surface area contributed by atoms with Crippen molar-refractivity contribution in [2.75, 3.05) is 13.1 Å². The lowest BCUT2D eigenvalue weighted by molar-refractivity contribution is -0.00651. The molecule has 86 valence electrons. The molecule has 0 aromatic heterocycles. The molecule has 2 aliphatic carbocycles. The number of piperidine rings is 1. The van der Waals surface area contributed by atoms with Crippen LogP contribution in [0.2, 0.25) is 0 Å². The number of hydrogen-bond acceptors (Lipinski definition) is 2. The lowest BCUT2D eigenvalue weighted by Gasteiger charge is -2.42. The number of aliphatic hydroxyl groups excluding tert-OH is 1. The first kappa shape index (κ1) is 10.1. The first-order valence-electron chi connectivity index (χ1n) is 6.78. The van der Waals surface area contributed by atoms with E-state index in [0.717, 1.165) is 6.04 Å². The third-order valence-electron chi connectivity index (χ3n) is 4.98. The molecule has 0 radical (unpaired) electrons. The van der Waals surface area contributed by atoms with Crippen LogP contribution >= 0.6 is 0 Å². The zero-order chi connectivity index (χ0) is 10.3. The maximum Gasteiger partial charge on any atom is 0.0611 e. The molecule has 3 rings (SSSR count). The minimum Gasteiger partial charge on any atom is -0.392 e. The summed E-state index contributed by atoms with van der Waals surface area (Å²) in [5.74, 6) is 1.26. The Morgan fingerprint density at radius 3 is 2.40 bits per heavy atom. The molecule has 1 heterocycles. The number of likely N-dealkylation sites (tertiary alicyclic amines) is 1. The van der Waals surface area contributed by atoms with Gasteiger partial charge in [0.1, 0.15) is 0 Å². The van der Waals surface area contributed by atoms with Gasteiger partial charge in [0.05, 0.1) is 6.10 Å². The summed E-state index contributed by atoms with van der Waals surface area (Å²) in [6, 6.07) is 0.721. The van der Waals surface area contributed by atoms with Crippen molar-refractivity contribution >= 4 is 0 Å². The molecule has 3 fully saturated rings. The topological polar surface area (TPSA) is 23.5 Å². The molecule has 4 atom stereocenters. The highest BCUT2D eigenvalue weighted by atomic mass is 16.3. The molecule has 15 heavy (non-hydrogen) atoms.